The molecule has 0 radical (unpaired) electrons. The zero-order valence-corrected chi connectivity index (χ0v) is 11.7. The van der Waals surface area contributed by atoms with Crippen LogP contribution in [0.2, 0.25) is 0 Å². The number of rotatable bonds is 6. The van der Waals surface area contributed by atoms with Crippen LogP contribution in [0.25, 0.3) is 0 Å². The van der Waals surface area contributed by atoms with Gasteiger partial charge < -0.3 is 5.11 Å². The summed E-state index contributed by atoms with van der Waals surface area (Å²) in [6.07, 6.45) is 2.50. The summed E-state index contributed by atoms with van der Waals surface area (Å²) in [6.45, 7) is 1.89. The average Bonchev–Trinajstić information content (AvgIpc) is 3.20. The third-order valence-corrected chi connectivity index (χ3v) is 5.14. The molecule has 0 aromatic heterocycles. The third-order valence-electron chi connectivity index (χ3n) is 3.19. The fourth-order valence-electron chi connectivity index (χ4n) is 2.05. The van der Waals surface area contributed by atoms with Crippen molar-refractivity contribution in [3.8, 4) is 0 Å². The Labute approximate surface area is 112 Å². The SMILES string of the molecule is CCCN(C1CC1)S(=O)(=O)c1ccc(F)c(CO)c1. The summed E-state index contributed by atoms with van der Waals surface area (Å²) in [7, 11) is -3.59. The molecule has 1 N–H and O–H groups in total. The number of sulfonamides is 1. The van der Waals surface area contributed by atoms with Gasteiger partial charge in [0, 0.05) is 18.2 Å². The Bertz CT molecular complexity index is 555. The minimum absolute atomic E-state index is 0.00770. The molecule has 1 saturated carbocycles. The van der Waals surface area contributed by atoms with Gasteiger partial charge in [0.15, 0.2) is 0 Å². The fraction of sp³-hybridized carbons (Fsp3) is 0.538. The highest BCUT2D eigenvalue weighted by atomic mass is 32.2. The summed E-state index contributed by atoms with van der Waals surface area (Å²) in [4.78, 5) is 0.0540. The van der Waals surface area contributed by atoms with E-state index in [0.29, 0.717) is 6.54 Å². The van der Waals surface area contributed by atoms with Crippen LogP contribution in [0, 0.1) is 5.82 Å². The monoisotopic (exact) mass is 287 g/mol. The maximum absolute atomic E-state index is 13.3. The Morgan fingerprint density at radius 3 is 2.63 bits per heavy atom. The molecule has 0 bridgehead atoms. The van der Waals surface area contributed by atoms with Gasteiger partial charge in [0.05, 0.1) is 11.5 Å². The Morgan fingerprint density at radius 2 is 2.11 bits per heavy atom. The molecule has 19 heavy (non-hydrogen) atoms. The van der Waals surface area contributed by atoms with Crippen LogP contribution in [0.15, 0.2) is 23.1 Å². The van der Waals surface area contributed by atoms with Crippen molar-refractivity contribution in [1.82, 2.24) is 4.31 Å². The molecule has 0 atom stereocenters. The fourth-order valence-corrected chi connectivity index (χ4v) is 3.88. The predicted molar refractivity (Wildman–Crippen MR) is 69.5 cm³/mol. The summed E-state index contributed by atoms with van der Waals surface area (Å²) in [5.74, 6) is -0.588. The van der Waals surface area contributed by atoms with Gasteiger partial charge in [0.2, 0.25) is 10.0 Å². The Balaban J connectivity index is 2.37. The number of aliphatic hydroxyl groups is 1. The molecule has 0 aliphatic heterocycles. The molecule has 1 aliphatic rings. The van der Waals surface area contributed by atoms with Crippen molar-refractivity contribution < 1.29 is 17.9 Å². The Hall–Kier alpha value is -0.980. The van der Waals surface area contributed by atoms with Gasteiger partial charge in [-0.3, -0.25) is 0 Å². The lowest BCUT2D eigenvalue weighted by Crippen LogP contribution is -2.33. The van der Waals surface area contributed by atoms with Crippen molar-refractivity contribution in [2.45, 2.75) is 43.7 Å². The summed E-state index contributed by atoms with van der Waals surface area (Å²) in [5, 5.41) is 9.02. The molecule has 1 aromatic rings. The molecule has 1 aromatic carbocycles. The van der Waals surface area contributed by atoms with Crippen molar-refractivity contribution in [2.24, 2.45) is 0 Å². The summed E-state index contributed by atoms with van der Waals surface area (Å²) >= 11 is 0. The van der Waals surface area contributed by atoms with E-state index in [1.54, 1.807) is 0 Å². The second kappa shape index (κ2) is 5.56. The lowest BCUT2D eigenvalue weighted by Gasteiger charge is -2.21. The minimum atomic E-state index is -3.59. The molecule has 1 aliphatic carbocycles. The average molecular weight is 287 g/mol. The molecule has 0 heterocycles. The van der Waals surface area contributed by atoms with Crippen molar-refractivity contribution >= 4 is 10.0 Å². The van der Waals surface area contributed by atoms with E-state index in [0.717, 1.165) is 25.3 Å². The molecule has 0 saturated heterocycles. The molecule has 0 amide bonds. The molecule has 106 valence electrons. The summed E-state index contributed by atoms with van der Waals surface area (Å²) in [5.41, 5.74) is 0.00770. The van der Waals surface area contributed by atoms with Crippen LogP contribution >= 0.6 is 0 Å². The number of aliphatic hydroxyl groups excluding tert-OH is 1. The number of halogens is 1. The van der Waals surface area contributed by atoms with E-state index in [1.165, 1.54) is 16.4 Å². The van der Waals surface area contributed by atoms with Crippen LogP contribution in [-0.4, -0.2) is 30.4 Å². The second-order valence-electron chi connectivity index (χ2n) is 4.76. The van der Waals surface area contributed by atoms with Crippen LogP contribution in [0.3, 0.4) is 0 Å². The third kappa shape index (κ3) is 2.96. The zero-order chi connectivity index (χ0) is 14.0. The second-order valence-corrected chi connectivity index (χ2v) is 6.65. The quantitative estimate of drug-likeness (QED) is 0.869. The van der Waals surface area contributed by atoms with Gasteiger partial charge in [-0.05, 0) is 37.5 Å². The first-order valence-corrected chi connectivity index (χ1v) is 7.85. The molecule has 2 rings (SSSR count). The first kappa shape index (κ1) is 14.4. The number of benzene rings is 1. The normalized spacial score (nSPS) is 16.0. The molecule has 4 nitrogen and oxygen atoms in total. The van der Waals surface area contributed by atoms with Gasteiger partial charge in [0.1, 0.15) is 5.82 Å². The number of nitrogens with zero attached hydrogens (tertiary/aromatic N) is 1. The highest BCUT2D eigenvalue weighted by molar-refractivity contribution is 7.89. The van der Waals surface area contributed by atoms with Crippen molar-refractivity contribution in [1.29, 1.82) is 0 Å². The first-order chi connectivity index (χ1) is 9.00. The lowest BCUT2D eigenvalue weighted by atomic mass is 10.2. The predicted octanol–water partition coefficient (Wildman–Crippen LogP) is 1.88. The van der Waals surface area contributed by atoms with Crippen LogP contribution in [0.1, 0.15) is 31.7 Å². The van der Waals surface area contributed by atoms with Crippen LogP contribution in [0.4, 0.5) is 4.39 Å². The molecular formula is C13H18FNO3S. The zero-order valence-electron chi connectivity index (χ0n) is 10.8. The van der Waals surface area contributed by atoms with Crippen molar-refractivity contribution in [3.05, 3.63) is 29.6 Å². The summed E-state index contributed by atoms with van der Waals surface area (Å²) in [6, 6.07) is 3.65. The van der Waals surface area contributed by atoms with Crippen molar-refractivity contribution in [2.75, 3.05) is 6.54 Å². The van der Waals surface area contributed by atoms with E-state index in [1.807, 2.05) is 6.92 Å². The topological polar surface area (TPSA) is 57.6 Å². The van der Waals surface area contributed by atoms with E-state index in [4.69, 9.17) is 5.11 Å². The van der Waals surface area contributed by atoms with E-state index in [-0.39, 0.29) is 16.5 Å². The Morgan fingerprint density at radius 1 is 1.42 bits per heavy atom. The first-order valence-electron chi connectivity index (χ1n) is 6.41. The van der Waals surface area contributed by atoms with Crippen LogP contribution in [0.5, 0.6) is 0 Å². The maximum Gasteiger partial charge on any atom is 0.243 e. The van der Waals surface area contributed by atoms with E-state index >= 15 is 0 Å². The smallest absolute Gasteiger partial charge is 0.243 e. The minimum Gasteiger partial charge on any atom is -0.392 e. The lowest BCUT2D eigenvalue weighted by molar-refractivity contribution is 0.275. The van der Waals surface area contributed by atoms with Crippen LogP contribution < -0.4 is 0 Å². The number of hydrogen-bond donors (Lipinski definition) is 1. The standard InChI is InChI=1S/C13H18FNO3S/c1-2-7-15(11-3-4-11)19(17,18)12-5-6-13(14)10(8-12)9-16/h5-6,8,11,16H,2-4,7,9H2,1H3. The van der Waals surface area contributed by atoms with Crippen LogP contribution in [-0.2, 0) is 16.6 Å². The van der Waals surface area contributed by atoms with Gasteiger partial charge >= 0.3 is 0 Å². The van der Waals surface area contributed by atoms with Crippen molar-refractivity contribution in [3.63, 3.8) is 0 Å². The van der Waals surface area contributed by atoms with Gasteiger partial charge in [-0.1, -0.05) is 6.92 Å². The van der Waals surface area contributed by atoms with Gasteiger partial charge in [-0.15, -0.1) is 0 Å². The van der Waals surface area contributed by atoms with E-state index in [9.17, 15) is 12.8 Å². The number of hydrogen-bond acceptors (Lipinski definition) is 3. The van der Waals surface area contributed by atoms with E-state index in [2.05, 4.69) is 0 Å². The molecule has 0 unspecified atom stereocenters. The van der Waals surface area contributed by atoms with Gasteiger partial charge in [-0.25, -0.2) is 12.8 Å². The molecule has 1 fully saturated rings. The summed E-state index contributed by atoms with van der Waals surface area (Å²) < 4.78 is 39.8. The van der Waals surface area contributed by atoms with Gasteiger partial charge in [0.25, 0.3) is 0 Å². The maximum atomic E-state index is 13.3. The molecule has 6 heteroatoms. The molecular weight excluding hydrogens is 269 g/mol. The molecule has 0 spiro atoms. The highest BCUT2D eigenvalue weighted by Gasteiger charge is 2.37. The highest BCUT2D eigenvalue weighted by Crippen LogP contribution is 2.32. The van der Waals surface area contributed by atoms with Gasteiger partial charge in [-0.2, -0.15) is 4.31 Å². The Kier molecular flexibility index (Phi) is 4.23. The van der Waals surface area contributed by atoms with E-state index < -0.39 is 22.4 Å². The largest absolute Gasteiger partial charge is 0.392 e.